The molecule has 1 aliphatic rings. The number of rotatable bonds is 4. The average molecular weight is 262 g/mol. The van der Waals surface area contributed by atoms with E-state index in [9.17, 15) is 8.42 Å². The third-order valence-corrected chi connectivity index (χ3v) is 4.42. The third kappa shape index (κ3) is 4.94. The number of sulfone groups is 1. The molecule has 0 aliphatic carbocycles. The Bertz CT molecular complexity index is 361. The van der Waals surface area contributed by atoms with Gasteiger partial charge in [-0.05, 0) is 40.7 Å². The van der Waals surface area contributed by atoms with E-state index in [1.54, 1.807) is 0 Å². The van der Waals surface area contributed by atoms with Crippen LogP contribution >= 0.6 is 0 Å². The summed E-state index contributed by atoms with van der Waals surface area (Å²) in [6.07, 6.45) is 2.03. The second-order valence-electron chi connectivity index (χ2n) is 6.45. The van der Waals surface area contributed by atoms with E-state index in [-0.39, 0.29) is 16.8 Å². The van der Waals surface area contributed by atoms with Crippen LogP contribution in [-0.4, -0.2) is 56.0 Å². The summed E-state index contributed by atoms with van der Waals surface area (Å²) in [5.41, 5.74) is 0.216. The van der Waals surface area contributed by atoms with Crippen molar-refractivity contribution in [3.05, 3.63) is 0 Å². The van der Waals surface area contributed by atoms with Gasteiger partial charge < -0.3 is 5.32 Å². The van der Waals surface area contributed by atoms with Crippen molar-refractivity contribution in [2.75, 3.05) is 31.6 Å². The van der Waals surface area contributed by atoms with Crippen molar-refractivity contribution in [3.8, 4) is 0 Å². The minimum Gasteiger partial charge on any atom is -0.309 e. The van der Waals surface area contributed by atoms with Gasteiger partial charge in [0, 0.05) is 30.4 Å². The topological polar surface area (TPSA) is 49.4 Å². The minimum atomic E-state index is -2.83. The Kier molecular flexibility index (Phi) is 4.27. The smallest absolute Gasteiger partial charge is 0.147 e. The molecule has 0 amide bonds. The molecule has 0 unspecified atom stereocenters. The Morgan fingerprint density at radius 1 is 1.24 bits per heavy atom. The molecule has 0 bridgehead atoms. The Balaban J connectivity index is 2.54. The molecule has 1 fully saturated rings. The van der Waals surface area contributed by atoms with Gasteiger partial charge in [0.25, 0.3) is 0 Å². The molecule has 1 rings (SSSR count). The van der Waals surface area contributed by atoms with Crippen molar-refractivity contribution in [2.45, 2.75) is 45.2 Å². The monoisotopic (exact) mass is 262 g/mol. The summed E-state index contributed by atoms with van der Waals surface area (Å²) in [5, 5.41) is 3.53. The molecule has 0 aromatic heterocycles. The molecule has 0 radical (unpaired) electrons. The summed E-state index contributed by atoms with van der Waals surface area (Å²) >= 11 is 0. The highest BCUT2D eigenvalue weighted by molar-refractivity contribution is 7.90. The number of nitrogens with one attached hydrogen (secondary N) is 1. The van der Waals surface area contributed by atoms with Gasteiger partial charge in [0.2, 0.25) is 0 Å². The molecule has 0 atom stereocenters. The van der Waals surface area contributed by atoms with Crippen molar-refractivity contribution in [3.63, 3.8) is 0 Å². The summed E-state index contributed by atoms with van der Waals surface area (Å²) in [6, 6.07) is 0. The normalized spacial score (nSPS) is 24.8. The van der Waals surface area contributed by atoms with Crippen LogP contribution in [0.5, 0.6) is 0 Å². The first kappa shape index (κ1) is 14.9. The summed E-state index contributed by atoms with van der Waals surface area (Å²) < 4.78 is 22.3. The van der Waals surface area contributed by atoms with Crippen LogP contribution in [0.4, 0.5) is 0 Å². The van der Waals surface area contributed by atoms with Gasteiger partial charge in [-0.1, -0.05) is 0 Å². The molecular weight excluding hydrogens is 236 g/mol. The van der Waals surface area contributed by atoms with Gasteiger partial charge in [0.15, 0.2) is 0 Å². The highest BCUT2D eigenvalue weighted by Crippen LogP contribution is 2.23. The third-order valence-electron chi connectivity index (χ3n) is 3.38. The van der Waals surface area contributed by atoms with Crippen LogP contribution in [0, 0.1) is 0 Å². The van der Waals surface area contributed by atoms with E-state index in [2.05, 4.69) is 37.9 Å². The molecule has 1 heterocycles. The molecule has 5 heteroatoms. The van der Waals surface area contributed by atoms with Gasteiger partial charge in [-0.3, -0.25) is 4.90 Å². The first-order chi connectivity index (χ1) is 7.52. The predicted molar refractivity (Wildman–Crippen MR) is 72.1 cm³/mol. The summed E-state index contributed by atoms with van der Waals surface area (Å²) in [7, 11) is -2.83. The number of hydrogen-bond acceptors (Lipinski definition) is 4. The van der Waals surface area contributed by atoms with Gasteiger partial charge in [-0.15, -0.1) is 0 Å². The van der Waals surface area contributed by atoms with Gasteiger partial charge in [0.1, 0.15) is 9.84 Å². The minimum absolute atomic E-state index is 0.104. The number of nitrogens with zero attached hydrogens (tertiary/aromatic N) is 1. The van der Waals surface area contributed by atoms with Crippen LogP contribution in [0.25, 0.3) is 0 Å². The lowest BCUT2D eigenvalue weighted by molar-refractivity contribution is 0.0397. The lowest BCUT2D eigenvalue weighted by Gasteiger charge is -2.49. The highest BCUT2D eigenvalue weighted by atomic mass is 32.2. The zero-order chi connectivity index (χ0) is 13.3. The van der Waals surface area contributed by atoms with E-state index in [4.69, 9.17) is 0 Å². The van der Waals surface area contributed by atoms with E-state index in [1.807, 2.05) is 0 Å². The maximum atomic E-state index is 11.1. The second-order valence-corrected chi connectivity index (χ2v) is 8.71. The van der Waals surface area contributed by atoms with Gasteiger partial charge >= 0.3 is 0 Å². The molecule has 0 aromatic carbocycles. The molecule has 17 heavy (non-hydrogen) atoms. The van der Waals surface area contributed by atoms with Crippen LogP contribution < -0.4 is 5.32 Å². The van der Waals surface area contributed by atoms with Crippen molar-refractivity contribution in [1.29, 1.82) is 0 Å². The van der Waals surface area contributed by atoms with Crippen molar-refractivity contribution in [1.82, 2.24) is 10.2 Å². The van der Waals surface area contributed by atoms with Gasteiger partial charge in [-0.2, -0.15) is 0 Å². The fraction of sp³-hybridized carbons (Fsp3) is 1.00. The second kappa shape index (κ2) is 4.86. The van der Waals surface area contributed by atoms with Crippen molar-refractivity contribution in [2.24, 2.45) is 0 Å². The average Bonchev–Trinajstić information content (AvgIpc) is 2.10. The lowest BCUT2D eigenvalue weighted by atomic mass is 9.91. The van der Waals surface area contributed by atoms with E-state index in [1.165, 1.54) is 6.26 Å². The van der Waals surface area contributed by atoms with E-state index in [0.29, 0.717) is 0 Å². The molecule has 1 N–H and O–H groups in total. The summed E-state index contributed by atoms with van der Waals surface area (Å²) in [6.45, 7) is 11.5. The standard InChI is InChI=1S/C12H26N2O2S/c1-11(2)10-14(12(3,4)9-13-11)7-6-8-17(5,15)16/h13H,6-10H2,1-5H3. The molecule has 102 valence electrons. The molecule has 0 saturated carbocycles. The molecule has 0 aromatic rings. The van der Waals surface area contributed by atoms with Crippen LogP contribution in [0.15, 0.2) is 0 Å². The van der Waals surface area contributed by atoms with Crippen molar-refractivity contribution >= 4 is 9.84 Å². The Morgan fingerprint density at radius 2 is 1.82 bits per heavy atom. The first-order valence-corrected chi connectivity index (χ1v) is 8.26. The molecule has 0 spiro atoms. The fourth-order valence-corrected chi connectivity index (χ4v) is 2.87. The maximum absolute atomic E-state index is 11.1. The maximum Gasteiger partial charge on any atom is 0.147 e. The summed E-state index contributed by atoms with van der Waals surface area (Å²) in [4.78, 5) is 2.40. The Labute approximate surface area is 106 Å². The van der Waals surface area contributed by atoms with Crippen LogP contribution in [-0.2, 0) is 9.84 Å². The van der Waals surface area contributed by atoms with E-state index in [0.717, 1.165) is 26.1 Å². The highest BCUT2D eigenvalue weighted by Gasteiger charge is 2.37. The number of piperazine rings is 1. The van der Waals surface area contributed by atoms with Gasteiger partial charge in [0.05, 0.1) is 5.75 Å². The van der Waals surface area contributed by atoms with Gasteiger partial charge in [-0.25, -0.2) is 8.42 Å². The largest absolute Gasteiger partial charge is 0.309 e. The fourth-order valence-electron chi connectivity index (χ4n) is 2.21. The SMILES string of the molecule is CC1(C)CN(CCCS(C)(=O)=O)C(C)(C)CN1. The van der Waals surface area contributed by atoms with Crippen LogP contribution in [0.2, 0.25) is 0 Å². The zero-order valence-corrected chi connectivity index (χ0v) is 12.5. The van der Waals surface area contributed by atoms with Crippen LogP contribution in [0.3, 0.4) is 0 Å². The van der Waals surface area contributed by atoms with Crippen LogP contribution in [0.1, 0.15) is 34.1 Å². The molecule has 1 saturated heterocycles. The first-order valence-electron chi connectivity index (χ1n) is 6.20. The van der Waals surface area contributed by atoms with E-state index >= 15 is 0 Å². The Hall–Kier alpha value is -0.130. The zero-order valence-electron chi connectivity index (χ0n) is 11.7. The predicted octanol–water partition coefficient (Wildman–Crippen LogP) is 0.884. The lowest BCUT2D eigenvalue weighted by Crippen LogP contribution is -2.66. The number of hydrogen-bond donors (Lipinski definition) is 1. The quantitative estimate of drug-likeness (QED) is 0.817. The molecule has 4 nitrogen and oxygen atoms in total. The summed E-state index contributed by atoms with van der Waals surface area (Å²) in [5.74, 6) is 0.285. The van der Waals surface area contributed by atoms with E-state index < -0.39 is 9.84 Å². The molecular formula is C12H26N2O2S. The van der Waals surface area contributed by atoms with Crippen molar-refractivity contribution < 1.29 is 8.42 Å². The Morgan fingerprint density at radius 3 is 2.35 bits per heavy atom. The molecule has 1 aliphatic heterocycles.